The van der Waals surface area contributed by atoms with E-state index in [4.69, 9.17) is 5.73 Å². The maximum atomic E-state index is 5.59. The number of rotatable bonds is 8. The fourth-order valence-electron chi connectivity index (χ4n) is 1.72. The molecule has 0 unspecified atom stereocenters. The molecule has 0 rings (SSSR count). The zero-order chi connectivity index (χ0) is 11.0. The van der Waals surface area contributed by atoms with Crippen molar-refractivity contribution in [3.63, 3.8) is 0 Å². The van der Waals surface area contributed by atoms with Crippen LogP contribution in [0.25, 0.3) is 0 Å². The highest BCUT2D eigenvalue weighted by Gasteiger charge is 2.06. The van der Waals surface area contributed by atoms with Crippen molar-refractivity contribution in [2.45, 2.75) is 40.5 Å². The van der Waals surface area contributed by atoms with E-state index in [2.05, 4.69) is 32.6 Å². The van der Waals surface area contributed by atoms with Gasteiger partial charge in [0, 0.05) is 19.6 Å². The van der Waals surface area contributed by atoms with E-state index in [1.165, 1.54) is 25.9 Å². The third-order valence-corrected chi connectivity index (χ3v) is 2.32. The average molecular weight is 200 g/mol. The third-order valence-electron chi connectivity index (χ3n) is 2.32. The molecule has 86 valence electrons. The molecule has 0 aromatic carbocycles. The maximum Gasteiger partial charge on any atom is 0.0105 e. The highest BCUT2D eigenvalue weighted by molar-refractivity contribution is 4.61. The Bertz CT molecular complexity index is 121. The molecule has 2 nitrogen and oxygen atoms in total. The summed E-state index contributed by atoms with van der Waals surface area (Å²) in [7, 11) is 0. The van der Waals surface area contributed by atoms with Gasteiger partial charge >= 0.3 is 0 Å². The van der Waals surface area contributed by atoms with Crippen molar-refractivity contribution >= 4 is 0 Å². The standard InChI is InChI=1S/C12H28N2/c1-11(2)6-5-8-14(9-7-13)10-12(3)4/h11-12H,5-10,13H2,1-4H3. The first-order valence-electron chi connectivity index (χ1n) is 5.98. The average Bonchev–Trinajstić information content (AvgIpc) is 2.02. The molecule has 2 heteroatoms. The van der Waals surface area contributed by atoms with E-state index in [0.717, 1.165) is 24.9 Å². The molecule has 0 aliphatic rings. The van der Waals surface area contributed by atoms with Crippen LogP contribution >= 0.6 is 0 Å². The van der Waals surface area contributed by atoms with Crippen LogP contribution in [0.15, 0.2) is 0 Å². The summed E-state index contributed by atoms with van der Waals surface area (Å²) in [6, 6.07) is 0. The second-order valence-corrected chi connectivity index (χ2v) is 5.02. The van der Waals surface area contributed by atoms with Crippen LogP contribution in [-0.2, 0) is 0 Å². The summed E-state index contributed by atoms with van der Waals surface area (Å²) in [5, 5.41) is 0. The highest BCUT2D eigenvalue weighted by atomic mass is 15.1. The van der Waals surface area contributed by atoms with E-state index in [1.54, 1.807) is 0 Å². The van der Waals surface area contributed by atoms with Crippen molar-refractivity contribution in [1.29, 1.82) is 0 Å². The van der Waals surface area contributed by atoms with Gasteiger partial charge in [-0.3, -0.25) is 0 Å². The molecule has 14 heavy (non-hydrogen) atoms. The lowest BCUT2D eigenvalue weighted by atomic mass is 10.1. The Morgan fingerprint density at radius 2 is 1.64 bits per heavy atom. The van der Waals surface area contributed by atoms with Gasteiger partial charge in [0.1, 0.15) is 0 Å². The number of hydrogen-bond donors (Lipinski definition) is 1. The van der Waals surface area contributed by atoms with Gasteiger partial charge in [-0.15, -0.1) is 0 Å². The van der Waals surface area contributed by atoms with Gasteiger partial charge in [0.15, 0.2) is 0 Å². The molecule has 0 fully saturated rings. The lowest BCUT2D eigenvalue weighted by molar-refractivity contribution is 0.242. The zero-order valence-electron chi connectivity index (χ0n) is 10.4. The predicted octanol–water partition coefficient (Wildman–Crippen LogP) is 2.34. The van der Waals surface area contributed by atoms with E-state index < -0.39 is 0 Å². The molecule has 0 aromatic rings. The SMILES string of the molecule is CC(C)CCCN(CCN)CC(C)C. The number of nitrogens with zero attached hydrogens (tertiary/aromatic N) is 1. The van der Waals surface area contributed by atoms with Crippen LogP contribution in [0.2, 0.25) is 0 Å². The maximum absolute atomic E-state index is 5.59. The van der Waals surface area contributed by atoms with Gasteiger partial charge < -0.3 is 10.6 Å². The fraction of sp³-hybridized carbons (Fsp3) is 1.00. The second-order valence-electron chi connectivity index (χ2n) is 5.02. The van der Waals surface area contributed by atoms with E-state index >= 15 is 0 Å². The van der Waals surface area contributed by atoms with E-state index in [-0.39, 0.29) is 0 Å². The summed E-state index contributed by atoms with van der Waals surface area (Å²) in [6.45, 7) is 13.4. The van der Waals surface area contributed by atoms with Crippen molar-refractivity contribution < 1.29 is 0 Å². The van der Waals surface area contributed by atoms with Crippen molar-refractivity contribution in [2.24, 2.45) is 17.6 Å². The molecule has 0 saturated heterocycles. The van der Waals surface area contributed by atoms with Gasteiger partial charge in [0.25, 0.3) is 0 Å². The quantitative estimate of drug-likeness (QED) is 0.651. The van der Waals surface area contributed by atoms with Crippen LogP contribution in [0.4, 0.5) is 0 Å². The van der Waals surface area contributed by atoms with Crippen LogP contribution in [0, 0.1) is 11.8 Å². The second kappa shape index (κ2) is 8.25. The van der Waals surface area contributed by atoms with Crippen molar-refractivity contribution in [2.75, 3.05) is 26.2 Å². The summed E-state index contributed by atoms with van der Waals surface area (Å²) in [6.07, 6.45) is 2.64. The summed E-state index contributed by atoms with van der Waals surface area (Å²) in [5.74, 6) is 1.58. The van der Waals surface area contributed by atoms with Gasteiger partial charge in [0.2, 0.25) is 0 Å². The largest absolute Gasteiger partial charge is 0.329 e. The van der Waals surface area contributed by atoms with Crippen LogP contribution in [0.1, 0.15) is 40.5 Å². The first kappa shape index (κ1) is 13.9. The van der Waals surface area contributed by atoms with Gasteiger partial charge in [-0.1, -0.05) is 27.7 Å². The summed E-state index contributed by atoms with van der Waals surface area (Å²) < 4.78 is 0. The number of hydrogen-bond acceptors (Lipinski definition) is 2. The van der Waals surface area contributed by atoms with Gasteiger partial charge in [0.05, 0.1) is 0 Å². The van der Waals surface area contributed by atoms with Crippen molar-refractivity contribution in [1.82, 2.24) is 4.90 Å². The molecule has 0 amide bonds. The van der Waals surface area contributed by atoms with E-state index in [0.29, 0.717) is 0 Å². The summed E-state index contributed by atoms with van der Waals surface area (Å²) in [4.78, 5) is 2.49. The molecule has 0 aromatic heterocycles. The predicted molar refractivity (Wildman–Crippen MR) is 64.4 cm³/mol. The molecule has 0 bridgehead atoms. The number of nitrogens with two attached hydrogens (primary N) is 1. The summed E-state index contributed by atoms with van der Waals surface area (Å²) in [5.41, 5.74) is 5.59. The zero-order valence-corrected chi connectivity index (χ0v) is 10.4. The Balaban J connectivity index is 3.61. The lowest BCUT2D eigenvalue weighted by Crippen LogP contribution is -2.33. The molecule has 0 atom stereocenters. The van der Waals surface area contributed by atoms with Gasteiger partial charge in [-0.05, 0) is 31.2 Å². The molecule has 0 spiro atoms. The van der Waals surface area contributed by atoms with Crippen LogP contribution in [0.3, 0.4) is 0 Å². The van der Waals surface area contributed by atoms with E-state index in [9.17, 15) is 0 Å². The van der Waals surface area contributed by atoms with Crippen molar-refractivity contribution in [3.8, 4) is 0 Å². The Morgan fingerprint density at radius 3 is 2.07 bits per heavy atom. The lowest BCUT2D eigenvalue weighted by Gasteiger charge is -2.23. The fourth-order valence-corrected chi connectivity index (χ4v) is 1.72. The molecule has 0 radical (unpaired) electrons. The van der Waals surface area contributed by atoms with Crippen LogP contribution in [-0.4, -0.2) is 31.1 Å². The monoisotopic (exact) mass is 200 g/mol. The highest BCUT2D eigenvalue weighted by Crippen LogP contribution is 2.06. The Labute approximate surface area is 89.9 Å². The van der Waals surface area contributed by atoms with Crippen molar-refractivity contribution in [3.05, 3.63) is 0 Å². The van der Waals surface area contributed by atoms with Crippen LogP contribution in [0.5, 0.6) is 0 Å². The van der Waals surface area contributed by atoms with Gasteiger partial charge in [-0.2, -0.15) is 0 Å². The first-order chi connectivity index (χ1) is 6.56. The minimum absolute atomic E-state index is 0.751. The molecule has 0 saturated carbocycles. The minimum Gasteiger partial charge on any atom is -0.329 e. The smallest absolute Gasteiger partial charge is 0.0105 e. The molecular formula is C12H28N2. The third kappa shape index (κ3) is 8.52. The van der Waals surface area contributed by atoms with Crippen LogP contribution < -0.4 is 5.73 Å². The molecule has 0 aliphatic heterocycles. The topological polar surface area (TPSA) is 29.3 Å². The van der Waals surface area contributed by atoms with Gasteiger partial charge in [-0.25, -0.2) is 0 Å². The Hall–Kier alpha value is -0.0800. The molecule has 2 N–H and O–H groups in total. The molecule has 0 aliphatic carbocycles. The van der Waals surface area contributed by atoms with E-state index in [1.807, 2.05) is 0 Å². The minimum atomic E-state index is 0.751. The Morgan fingerprint density at radius 1 is 1.00 bits per heavy atom. The summed E-state index contributed by atoms with van der Waals surface area (Å²) >= 11 is 0. The first-order valence-corrected chi connectivity index (χ1v) is 5.98. The molecular weight excluding hydrogens is 172 g/mol. The normalized spacial score (nSPS) is 12.0. The Kier molecular flexibility index (Phi) is 8.20. The molecule has 0 heterocycles.